The molecular formula is C17H26N2O4. The Balaban J connectivity index is 2.34. The van der Waals surface area contributed by atoms with Crippen LogP contribution < -0.4 is 20.1 Å². The predicted octanol–water partition coefficient (Wildman–Crippen LogP) is 1.52. The van der Waals surface area contributed by atoms with Crippen LogP contribution in [0.2, 0.25) is 0 Å². The molecule has 0 unspecified atom stereocenters. The molecule has 0 bridgehead atoms. The van der Waals surface area contributed by atoms with Gasteiger partial charge in [-0.15, -0.1) is 0 Å². The van der Waals surface area contributed by atoms with Gasteiger partial charge in [0, 0.05) is 31.5 Å². The van der Waals surface area contributed by atoms with E-state index < -0.39 is 0 Å². The average molecular weight is 322 g/mol. The van der Waals surface area contributed by atoms with Crippen molar-refractivity contribution in [3.63, 3.8) is 0 Å². The van der Waals surface area contributed by atoms with Gasteiger partial charge < -0.3 is 20.1 Å². The number of ether oxygens (including phenoxy) is 2. The second-order valence-electron chi connectivity index (χ2n) is 5.52. The molecule has 2 amide bonds. The van der Waals surface area contributed by atoms with Gasteiger partial charge in [-0.3, -0.25) is 9.59 Å². The topological polar surface area (TPSA) is 76.7 Å². The third-order valence-electron chi connectivity index (χ3n) is 3.32. The summed E-state index contributed by atoms with van der Waals surface area (Å²) >= 11 is 0. The van der Waals surface area contributed by atoms with Crippen molar-refractivity contribution >= 4 is 11.8 Å². The summed E-state index contributed by atoms with van der Waals surface area (Å²) < 4.78 is 10.4. The maximum atomic E-state index is 11.8. The summed E-state index contributed by atoms with van der Waals surface area (Å²) in [7, 11) is 3.19. The summed E-state index contributed by atoms with van der Waals surface area (Å²) in [5.41, 5.74) is 0.976. The molecule has 0 aromatic heterocycles. The van der Waals surface area contributed by atoms with Crippen LogP contribution in [0.4, 0.5) is 0 Å². The van der Waals surface area contributed by atoms with E-state index in [2.05, 4.69) is 10.6 Å². The Bertz CT molecular complexity index is 507. The van der Waals surface area contributed by atoms with Crippen LogP contribution in [-0.2, 0) is 16.0 Å². The second kappa shape index (κ2) is 9.71. The number of nitrogens with one attached hydrogen (secondary N) is 2. The van der Waals surface area contributed by atoms with Crippen molar-refractivity contribution in [2.24, 2.45) is 5.92 Å². The number of hydrogen-bond donors (Lipinski definition) is 2. The lowest BCUT2D eigenvalue weighted by Gasteiger charge is -2.10. The van der Waals surface area contributed by atoms with Crippen molar-refractivity contribution in [3.05, 3.63) is 23.8 Å². The molecule has 6 heteroatoms. The molecule has 1 aromatic carbocycles. The molecular weight excluding hydrogens is 296 g/mol. The molecule has 1 aromatic rings. The van der Waals surface area contributed by atoms with E-state index >= 15 is 0 Å². The molecule has 0 spiro atoms. The fourth-order valence-corrected chi connectivity index (χ4v) is 1.95. The van der Waals surface area contributed by atoms with Gasteiger partial charge in [0.25, 0.3) is 0 Å². The summed E-state index contributed by atoms with van der Waals surface area (Å²) in [6.45, 7) is 4.53. The van der Waals surface area contributed by atoms with E-state index in [1.807, 2.05) is 26.0 Å². The Morgan fingerprint density at radius 2 is 1.57 bits per heavy atom. The summed E-state index contributed by atoms with van der Waals surface area (Å²) in [5.74, 6) is 1.30. The van der Waals surface area contributed by atoms with Crippen LogP contribution in [0, 0.1) is 5.92 Å². The van der Waals surface area contributed by atoms with E-state index in [-0.39, 0.29) is 17.7 Å². The number of carbonyl (C=O) groups is 2. The van der Waals surface area contributed by atoms with Crippen LogP contribution in [-0.4, -0.2) is 39.1 Å². The molecule has 6 nitrogen and oxygen atoms in total. The second-order valence-corrected chi connectivity index (χ2v) is 5.52. The zero-order valence-electron chi connectivity index (χ0n) is 14.3. The van der Waals surface area contributed by atoms with E-state index in [4.69, 9.17) is 9.47 Å². The van der Waals surface area contributed by atoms with Crippen molar-refractivity contribution < 1.29 is 19.1 Å². The number of methoxy groups -OCH3 is 2. The van der Waals surface area contributed by atoms with Crippen LogP contribution in [0.1, 0.15) is 25.8 Å². The molecule has 128 valence electrons. The summed E-state index contributed by atoms with van der Waals surface area (Å²) in [6.07, 6.45) is 0.964. The Labute approximate surface area is 137 Å². The molecule has 0 aliphatic heterocycles. The number of rotatable bonds is 9. The third-order valence-corrected chi connectivity index (χ3v) is 3.32. The maximum absolute atomic E-state index is 11.8. The van der Waals surface area contributed by atoms with Gasteiger partial charge in [-0.05, 0) is 24.1 Å². The van der Waals surface area contributed by atoms with Gasteiger partial charge >= 0.3 is 0 Å². The van der Waals surface area contributed by atoms with Crippen molar-refractivity contribution in [1.29, 1.82) is 0 Å². The number of amides is 2. The highest BCUT2D eigenvalue weighted by molar-refractivity contribution is 5.78. The molecule has 0 saturated heterocycles. The van der Waals surface area contributed by atoms with E-state index in [9.17, 15) is 9.59 Å². The number of carbonyl (C=O) groups excluding carboxylic acids is 2. The zero-order valence-corrected chi connectivity index (χ0v) is 14.3. The molecule has 2 N–H and O–H groups in total. The SMILES string of the molecule is COc1cc(CCC(=O)NCCNC(=O)C(C)C)cc(OC)c1. The summed E-state index contributed by atoms with van der Waals surface area (Å²) in [4.78, 5) is 23.2. The molecule has 0 radical (unpaired) electrons. The minimum Gasteiger partial charge on any atom is -0.497 e. The average Bonchev–Trinajstić information content (AvgIpc) is 2.55. The normalized spacial score (nSPS) is 10.3. The molecule has 0 atom stereocenters. The minimum atomic E-state index is -0.0504. The largest absolute Gasteiger partial charge is 0.497 e. The van der Waals surface area contributed by atoms with Gasteiger partial charge in [0.05, 0.1) is 14.2 Å². The van der Waals surface area contributed by atoms with Crippen molar-refractivity contribution in [3.8, 4) is 11.5 Å². The number of aryl methyl sites for hydroxylation is 1. The monoisotopic (exact) mass is 322 g/mol. The highest BCUT2D eigenvalue weighted by atomic mass is 16.5. The smallest absolute Gasteiger partial charge is 0.222 e. The molecule has 0 fully saturated rings. The Morgan fingerprint density at radius 1 is 1.00 bits per heavy atom. The van der Waals surface area contributed by atoms with Crippen molar-refractivity contribution in [1.82, 2.24) is 10.6 Å². The lowest BCUT2D eigenvalue weighted by Crippen LogP contribution is -2.36. The quantitative estimate of drug-likeness (QED) is 0.676. The maximum Gasteiger partial charge on any atom is 0.222 e. The van der Waals surface area contributed by atoms with Gasteiger partial charge in [0.2, 0.25) is 11.8 Å². The first-order chi connectivity index (χ1) is 11.0. The molecule has 0 aliphatic carbocycles. The van der Waals surface area contributed by atoms with Gasteiger partial charge in [-0.25, -0.2) is 0 Å². The lowest BCUT2D eigenvalue weighted by molar-refractivity contribution is -0.124. The highest BCUT2D eigenvalue weighted by Crippen LogP contribution is 2.23. The van der Waals surface area contributed by atoms with Crippen LogP contribution >= 0.6 is 0 Å². The Kier molecular flexibility index (Phi) is 7.94. The summed E-state index contributed by atoms with van der Waals surface area (Å²) in [5, 5.41) is 5.54. The van der Waals surface area contributed by atoms with Crippen molar-refractivity contribution in [2.75, 3.05) is 27.3 Å². The minimum absolute atomic E-state index is 0.0114. The van der Waals surface area contributed by atoms with E-state index in [0.717, 1.165) is 5.56 Å². The molecule has 0 heterocycles. The van der Waals surface area contributed by atoms with Crippen LogP contribution in [0.25, 0.3) is 0 Å². The lowest BCUT2D eigenvalue weighted by atomic mass is 10.1. The molecule has 1 rings (SSSR count). The van der Waals surface area contributed by atoms with Crippen molar-refractivity contribution in [2.45, 2.75) is 26.7 Å². The number of benzene rings is 1. The highest BCUT2D eigenvalue weighted by Gasteiger charge is 2.07. The third kappa shape index (κ3) is 7.04. The fourth-order valence-electron chi connectivity index (χ4n) is 1.95. The molecule has 0 saturated carbocycles. The van der Waals surface area contributed by atoms with E-state index in [1.165, 1.54) is 0 Å². The van der Waals surface area contributed by atoms with E-state index in [0.29, 0.717) is 37.4 Å². The van der Waals surface area contributed by atoms with Crippen LogP contribution in [0.5, 0.6) is 11.5 Å². The first-order valence-electron chi connectivity index (χ1n) is 7.72. The molecule has 23 heavy (non-hydrogen) atoms. The van der Waals surface area contributed by atoms with Crippen LogP contribution in [0.15, 0.2) is 18.2 Å². The Hall–Kier alpha value is -2.24. The standard InChI is InChI=1S/C17H26N2O4/c1-12(2)17(21)19-8-7-18-16(20)6-5-13-9-14(22-3)11-15(10-13)23-4/h9-12H,5-8H2,1-4H3,(H,18,20)(H,19,21). The Morgan fingerprint density at radius 3 is 2.09 bits per heavy atom. The van der Waals surface area contributed by atoms with Gasteiger partial charge in [0.15, 0.2) is 0 Å². The first-order valence-corrected chi connectivity index (χ1v) is 7.72. The first kappa shape index (κ1) is 18.8. The predicted molar refractivity (Wildman–Crippen MR) is 88.7 cm³/mol. The zero-order chi connectivity index (χ0) is 17.2. The van der Waals surface area contributed by atoms with E-state index in [1.54, 1.807) is 20.3 Å². The van der Waals surface area contributed by atoms with Gasteiger partial charge in [-0.1, -0.05) is 13.8 Å². The molecule has 0 aliphatic rings. The van der Waals surface area contributed by atoms with Crippen LogP contribution in [0.3, 0.4) is 0 Å². The fraction of sp³-hybridized carbons (Fsp3) is 0.529. The summed E-state index contributed by atoms with van der Waals surface area (Å²) in [6, 6.07) is 5.57. The van der Waals surface area contributed by atoms with Gasteiger partial charge in [-0.2, -0.15) is 0 Å². The number of hydrogen-bond acceptors (Lipinski definition) is 4. The van der Waals surface area contributed by atoms with Gasteiger partial charge in [0.1, 0.15) is 11.5 Å².